The molecule has 0 radical (unpaired) electrons. The van der Waals surface area contributed by atoms with E-state index < -0.39 is 6.03 Å². The van der Waals surface area contributed by atoms with Gasteiger partial charge in [-0.3, -0.25) is 20.4 Å². The van der Waals surface area contributed by atoms with Gasteiger partial charge in [0.25, 0.3) is 0 Å². The van der Waals surface area contributed by atoms with E-state index >= 15 is 0 Å². The molecule has 8 nitrogen and oxygen atoms in total. The van der Waals surface area contributed by atoms with Crippen LogP contribution in [0.4, 0.5) is 16.3 Å². The van der Waals surface area contributed by atoms with Gasteiger partial charge in [-0.25, -0.2) is 9.78 Å². The lowest BCUT2D eigenvalue weighted by atomic mass is 10.1. The molecular weight excluding hydrogens is 344 g/mol. The van der Waals surface area contributed by atoms with Crippen LogP contribution in [0.1, 0.15) is 37.9 Å². The number of nitrogens with one attached hydrogen (secondary N) is 3. The van der Waals surface area contributed by atoms with Crippen molar-refractivity contribution in [1.82, 2.24) is 15.2 Å². The number of hydrogen-bond acceptors (Lipinski definition) is 5. The number of nitrogens with two attached hydrogens (primary N) is 1. The van der Waals surface area contributed by atoms with Gasteiger partial charge in [0, 0.05) is 31.4 Å². The van der Waals surface area contributed by atoms with Crippen LogP contribution in [0.5, 0.6) is 0 Å². The van der Waals surface area contributed by atoms with E-state index in [1.807, 2.05) is 37.3 Å². The molecule has 0 fully saturated rings. The lowest BCUT2D eigenvalue weighted by Gasteiger charge is -2.21. The predicted octanol–water partition coefficient (Wildman–Crippen LogP) is 2.74. The molecule has 0 bridgehead atoms. The molecular formula is C19H24N6O2. The van der Waals surface area contributed by atoms with Crippen molar-refractivity contribution >= 4 is 29.3 Å². The Kier molecular flexibility index (Phi) is 6.48. The monoisotopic (exact) mass is 368 g/mol. The molecule has 0 saturated heterocycles. The Balaban J connectivity index is 2.06. The van der Waals surface area contributed by atoms with Gasteiger partial charge in [0.15, 0.2) is 0 Å². The van der Waals surface area contributed by atoms with Crippen molar-refractivity contribution in [3.05, 3.63) is 53.7 Å². The summed E-state index contributed by atoms with van der Waals surface area (Å²) in [6, 6.07) is 10.4. The molecule has 0 spiro atoms. The van der Waals surface area contributed by atoms with Crippen LogP contribution < -0.4 is 16.4 Å². The van der Waals surface area contributed by atoms with Gasteiger partial charge < -0.3 is 11.1 Å². The Hall–Kier alpha value is -3.42. The molecule has 1 atom stereocenters. The van der Waals surface area contributed by atoms with Crippen molar-refractivity contribution in [2.75, 3.05) is 17.6 Å². The molecule has 0 aliphatic rings. The van der Waals surface area contributed by atoms with Crippen LogP contribution in [-0.4, -0.2) is 34.2 Å². The number of carbonyl (C=O) groups is 2. The maximum atomic E-state index is 12.2. The summed E-state index contributed by atoms with van der Waals surface area (Å²) < 4.78 is 0. The smallest absolute Gasteiger partial charge is 0.320 e. The molecule has 8 heteroatoms. The highest BCUT2D eigenvalue weighted by Gasteiger charge is 2.18. The van der Waals surface area contributed by atoms with E-state index in [2.05, 4.69) is 15.6 Å². The van der Waals surface area contributed by atoms with E-state index in [-0.39, 0.29) is 29.3 Å². The van der Waals surface area contributed by atoms with Gasteiger partial charge >= 0.3 is 6.03 Å². The number of hydrogen-bond donors (Lipinski definition) is 4. The first kappa shape index (κ1) is 19.9. The highest BCUT2D eigenvalue weighted by Crippen LogP contribution is 2.18. The minimum atomic E-state index is -0.417. The maximum Gasteiger partial charge on any atom is 0.320 e. The highest BCUT2D eigenvalue weighted by molar-refractivity contribution is 6.08. The molecule has 142 valence electrons. The largest absolute Gasteiger partial charge is 0.398 e. The van der Waals surface area contributed by atoms with E-state index in [0.717, 1.165) is 5.56 Å². The molecule has 1 unspecified atom stereocenters. The van der Waals surface area contributed by atoms with E-state index in [1.54, 1.807) is 6.92 Å². The second-order valence-corrected chi connectivity index (χ2v) is 6.00. The van der Waals surface area contributed by atoms with Crippen LogP contribution in [0.3, 0.4) is 0 Å². The molecule has 1 aromatic heterocycles. The number of urea groups is 1. The minimum Gasteiger partial charge on any atom is -0.398 e. The van der Waals surface area contributed by atoms with Crippen LogP contribution in [0, 0.1) is 5.41 Å². The van der Waals surface area contributed by atoms with E-state index in [4.69, 9.17) is 11.1 Å². The number of aromatic nitrogens is 1. The topological polar surface area (TPSA) is 124 Å². The molecule has 27 heavy (non-hydrogen) atoms. The number of amides is 3. The number of amidine groups is 1. The van der Waals surface area contributed by atoms with Gasteiger partial charge in [0.1, 0.15) is 11.7 Å². The Morgan fingerprint density at radius 3 is 2.52 bits per heavy atom. The van der Waals surface area contributed by atoms with Gasteiger partial charge in [0.05, 0.1) is 11.6 Å². The van der Waals surface area contributed by atoms with Crippen LogP contribution in [0.15, 0.2) is 42.6 Å². The first-order valence-corrected chi connectivity index (χ1v) is 8.58. The quantitative estimate of drug-likeness (QED) is 0.478. The second-order valence-electron chi connectivity index (χ2n) is 6.00. The van der Waals surface area contributed by atoms with Gasteiger partial charge in [-0.2, -0.15) is 0 Å². The summed E-state index contributed by atoms with van der Waals surface area (Å²) >= 11 is 0. The molecule has 1 aromatic carbocycles. The molecule has 2 rings (SSSR count). The summed E-state index contributed by atoms with van der Waals surface area (Å²) in [6.45, 7) is 5.39. The van der Waals surface area contributed by atoms with Crippen LogP contribution in [0.2, 0.25) is 0 Å². The lowest BCUT2D eigenvalue weighted by Crippen LogP contribution is -2.35. The Morgan fingerprint density at radius 1 is 1.30 bits per heavy atom. The standard InChI is InChI=1S/C19H24N6O2/c1-4-25(13(3)26)18(21)15-11-22-17(10-16(15)20)24-19(27)23-12(2)14-8-6-5-7-9-14/h5-12,21H,4H2,1-3H3,(H4,20,22,23,24,27). The van der Waals surface area contributed by atoms with E-state index in [0.29, 0.717) is 12.1 Å². The maximum absolute atomic E-state index is 12.2. The summed E-state index contributed by atoms with van der Waals surface area (Å²) in [6.07, 6.45) is 1.37. The van der Waals surface area contributed by atoms with Crippen molar-refractivity contribution in [3.8, 4) is 0 Å². The second kappa shape index (κ2) is 8.79. The number of pyridine rings is 1. The third kappa shape index (κ3) is 5.04. The average Bonchev–Trinajstić information content (AvgIpc) is 2.62. The fourth-order valence-electron chi connectivity index (χ4n) is 2.59. The number of nitrogen functional groups attached to an aromatic ring is 1. The van der Waals surface area contributed by atoms with Gasteiger partial charge in [-0.05, 0) is 19.4 Å². The number of anilines is 2. The van der Waals surface area contributed by atoms with Crippen molar-refractivity contribution in [2.24, 2.45) is 0 Å². The third-order valence-corrected chi connectivity index (χ3v) is 4.05. The molecule has 3 amide bonds. The minimum absolute atomic E-state index is 0.0244. The molecule has 0 saturated carbocycles. The van der Waals surface area contributed by atoms with Gasteiger partial charge in [0.2, 0.25) is 5.91 Å². The van der Waals surface area contributed by atoms with Crippen molar-refractivity contribution < 1.29 is 9.59 Å². The van der Waals surface area contributed by atoms with Crippen molar-refractivity contribution in [2.45, 2.75) is 26.8 Å². The molecule has 2 aromatic rings. The number of benzene rings is 1. The number of rotatable bonds is 5. The zero-order chi connectivity index (χ0) is 20.0. The third-order valence-electron chi connectivity index (χ3n) is 4.05. The first-order valence-electron chi connectivity index (χ1n) is 8.58. The van der Waals surface area contributed by atoms with E-state index in [1.165, 1.54) is 24.1 Å². The predicted molar refractivity (Wildman–Crippen MR) is 106 cm³/mol. The lowest BCUT2D eigenvalue weighted by molar-refractivity contribution is -0.124. The highest BCUT2D eigenvalue weighted by atomic mass is 16.2. The summed E-state index contributed by atoms with van der Waals surface area (Å²) in [4.78, 5) is 29.2. The molecule has 0 aliphatic heterocycles. The summed E-state index contributed by atoms with van der Waals surface area (Å²) in [5.74, 6) is -0.0187. The normalized spacial score (nSPS) is 11.4. The zero-order valence-electron chi connectivity index (χ0n) is 15.6. The summed E-state index contributed by atoms with van der Waals surface area (Å²) in [5.41, 5.74) is 7.55. The van der Waals surface area contributed by atoms with Crippen molar-refractivity contribution in [3.63, 3.8) is 0 Å². The van der Waals surface area contributed by atoms with Gasteiger partial charge in [-0.15, -0.1) is 0 Å². The number of nitrogens with zero attached hydrogens (tertiary/aromatic N) is 2. The van der Waals surface area contributed by atoms with Gasteiger partial charge in [-0.1, -0.05) is 30.3 Å². The molecule has 0 aliphatic carbocycles. The Bertz CT molecular complexity index is 837. The molecule has 1 heterocycles. The average molecular weight is 368 g/mol. The zero-order valence-corrected chi connectivity index (χ0v) is 15.6. The Morgan fingerprint density at radius 2 is 1.96 bits per heavy atom. The van der Waals surface area contributed by atoms with Crippen LogP contribution in [-0.2, 0) is 4.79 Å². The Labute approximate surface area is 158 Å². The van der Waals surface area contributed by atoms with Crippen molar-refractivity contribution in [1.29, 1.82) is 5.41 Å². The van der Waals surface area contributed by atoms with Crippen LogP contribution in [0.25, 0.3) is 0 Å². The van der Waals surface area contributed by atoms with Crippen LogP contribution >= 0.6 is 0 Å². The SMILES string of the molecule is CCN(C(=N)c1cnc(NC(=O)NC(C)c2ccccc2)cc1N)C(C)=O. The fourth-order valence-corrected chi connectivity index (χ4v) is 2.59. The molecule has 5 N–H and O–H groups in total. The number of carbonyl (C=O) groups excluding carboxylic acids is 2. The summed E-state index contributed by atoms with van der Waals surface area (Å²) in [7, 11) is 0. The first-order chi connectivity index (χ1) is 12.8. The summed E-state index contributed by atoms with van der Waals surface area (Å²) in [5, 5.41) is 13.6. The van der Waals surface area contributed by atoms with E-state index in [9.17, 15) is 9.59 Å². The fraction of sp³-hybridized carbons (Fsp3) is 0.263.